The van der Waals surface area contributed by atoms with Crippen LogP contribution in [0, 0.1) is 43.9 Å². The Morgan fingerprint density at radius 3 is 2.38 bits per heavy atom. The predicted octanol–water partition coefficient (Wildman–Crippen LogP) is 3.86. The van der Waals surface area contributed by atoms with Gasteiger partial charge in [0.2, 0.25) is 11.1 Å². The van der Waals surface area contributed by atoms with Crippen molar-refractivity contribution in [2.45, 2.75) is 77.4 Å². The number of nitrogens with one attached hydrogen (secondary N) is 1. The van der Waals surface area contributed by atoms with Gasteiger partial charge in [0.15, 0.2) is 0 Å². The quantitative estimate of drug-likeness (QED) is 0.754. The third-order valence-electron chi connectivity index (χ3n) is 7.96. The van der Waals surface area contributed by atoms with Crippen molar-refractivity contribution in [3.8, 4) is 0 Å². The molecule has 6 nitrogen and oxygen atoms in total. The van der Waals surface area contributed by atoms with E-state index in [2.05, 4.69) is 27.3 Å². The Morgan fingerprint density at radius 2 is 1.76 bits per heavy atom. The molecule has 0 saturated heterocycles. The Hall–Kier alpha value is -1.63. The normalized spacial score (nSPS) is 31.4. The first-order valence-electron chi connectivity index (χ1n) is 11.0. The largest absolute Gasteiger partial charge is 0.352 e. The summed E-state index contributed by atoms with van der Waals surface area (Å²) >= 11 is 1.40. The van der Waals surface area contributed by atoms with E-state index in [4.69, 9.17) is 0 Å². The zero-order valence-corrected chi connectivity index (χ0v) is 18.7. The van der Waals surface area contributed by atoms with Crippen molar-refractivity contribution >= 4 is 23.4 Å². The van der Waals surface area contributed by atoms with E-state index < -0.39 is 0 Å². The van der Waals surface area contributed by atoms with Gasteiger partial charge < -0.3 is 5.32 Å². The molecule has 4 fully saturated rings. The second-order valence-corrected chi connectivity index (χ2v) is 10.8. The number of aromatic nitrogens is 4. The van der Waals surface area contributed by atoms with Crippen LogP contribution in [0.3, 0.4) is 0 Å². The van der Waals surface area contributed by atoms with Crippen molar-refractivity contribution in [3.63, 3.8) is 0 Å². The fraction of sp³-hybridized carbons (Fsp3) is 0.727. The number of fused-ring (bicyclic) bond motifs is 1. The van der Waals surface area contributed by atoms with E-state index in [9.17, 15) is 4.79 Å². The molecule has 0 radical (unpaired) electrons. The third-order valence-corrected chi connectivity index (χ3v) is 8.79. The summed E-state index contributed by atoms with van der Waals surface area (Å²) in [7, 11) is 0. The Labute approximate surface area is 176 Å². The predicted molar refractivity (Wildman–Crippen MR) is 114 cm³/mol. The molecule has 29 heavy (non-hydrogen) atoms. The van der Waals surface area contributed by atoms with Crippen molar-refractivity contribution in [1.29, 1.82) is 0 Å². The van der Waals surface area contributed by atoms with E-state index in [1.807, 2.05) is 20.8 Å². The fourth-order valence-corrected chi connectivity index (χ4v) is 7.20. The summed E-state index contributed by atoms with van der Waals surface area (Å²) in [6, 6.07) is 0.257. The van der Waals surface area contributed by atoms with Gasteiger partial charge in [-0.05, 0) is 95.0 Å². The van der Waals surface area contributed by atoms with Crippen molar-refractivity contribution < 1.29 is 4.79 Å². The summed E-state index contributed by atoms with van der Waals surface area (Å²) in [4.78, 5) is 21.7. The van der Waals surface area contributed by atoms with Crippen LogP contribution < -0.4 is 5.32 Å². The highest BCUT2D eigenvalue weighted by Crippen LogP contribution is 2.61. The van der Waals surface area contributed by atoms with Crippen molar-refractivity contribution in [2.75, 3.05) is 5.75 Å². The lowest BCUT2D eigenvalue weighted by Crippen LogP contribution is -2.56. The second-order valence-electron chi connectivity index (χ2n) is 9.87. The molecule has 2 aromatic rings. The number of nitrogens with zero attached hydrogens (tertiary/aromatic N) is 4. The minimum atomic E-state index is 0.0918. The van der Waals surface area contributed by atoms with E-state index in [0.717, 1.165) is 34.7 Å². The van der Waals surface area contributed by atoms with Crippen LogP contribution in [0.15, 0.2) is 5.16 Å². The van der Waals surface area contributed by atoms with Crippen molar-refractivity contribution in [1.82, 2.24) is 24.9 Å². The standard InChI is InChI=1S/C22H31N5OS/c1-12-13(2)23-20-25-21(26-27(20)14(12)3)29-11-19(28)24-15(4)22-8-16-5-17(9-22)7-18(6-16)10-22/h15-18H,5-11H2,1-4H3,(H,24,28)/t15-,16?,17?,18?,22?/m0/s1. The number of carbonyl (C=O) groups is 1. The van der Waals surface area contributed by atoms with Crippen LogP contribution in [0.2, 0.25) is 0 Å². The molecule has 0 aliphatic heterocycles. The monoisotopic (exact) mass is 413 g/mol. The van der Waals surface area contributed by atoms with Crippen molar-refractivity contribution in [2.24, 2.45) is 23.2 Å². The molecule has 156 valence electrons. The summed E-state index contributed by atoms with van der Waals surface area (Å²) in [5, 5.41) is 8.49. The van der Waals surface area contributed by atoms with Gasteiger partial charge in [0.1, 0.15) is 0 Å². The van der Waals surface area contributed by atoms with E-state index in [0.29, 0.717) is 22.1 Å². The molecule has 0 spiro atoms. The Bertz CT molecular complexity index is 932. The van der Waals surface area contributed by atoms with Gasteiger partial charge in [0.05, 0.1) is 5.75 Å². The highest BCUT2D eigenvalue weighted by atomic mass is 32.2. The first-order valence-corrected chi connectivity index (χ1v) is 11.9. The first kappa shape index (κ1) is 19.3. The van der Waals surface area contributed by atoms with Gasteiger partial charge in [-0.15, -0.1) is 5.10 Å². The van der Waals surface area contributed by atoms with Gasteiger partial charge in [-0.2, -0.15) is 4.98 Å². The molecule has 6 rings (SSSR count). The summed E-state index contributed by atoms with van der Waals surface area (Å²) in [6.45, 7) is 8.30. The topological polar surface area (TPSA) is 72.2 Å². The molecule has 4 aliphatic carbocycles. The first-order chi connectivity index (χ1) is 13.8. The van der Waals surface area contributed by atoms with Gasteiger partial charge >= 0.3 is 0 Å². The SMILES string of the molecule is Cc1nc2nc(SCC(=O)N[C@@H](C)C34CC5CC(CC(C5)C3)C4)nn2c(C)c1C. The molecular weight excluding hydrogens is 382 g/mol. The minimum absolute atomic E-state index is 0.0918. The van der Waals surface area contributed by atoms with E-state index in [1.165, 1.54) is 50.3 Å². The Morgan fingerprint density at radius 1 is 1.14 bits per heavy atom. The van der Waals surface area contributed by atoms with Gasteiger partial charge in [0.25, 0.3) is 5.78 Å². The molecule has 4 bridgehead atoms. The number of hydrogen-bond donors (Lipinski definition) is 1. The average Bonchev–Trinajstić information content (AvgIpc) is 3.06. The number of thioether (sulfide) groups is 1. The summed E-state index contributed by atoms with van der Waals surface area (Å²) in [5.41, 5.74) is 3.49. The van der Waals surface area contributed by atoms with Crippen LogP contribution >= 0.6 is 11.8 Å². The van der Waals surface area contributed by atoms with E-state index >= 15 is 0 Å². The Kier molecular flexibility index (Phi) is 4.64. The molecule has 2 aromatic heterocycles. The van der Waals surface area contributed by atoms with Crippen LogP contribution in [-0.2, 0) is 4.79 Å². The molecule has 0 unspecified atom stereocenters. The number of rotatable bonds is 5. The van der Waals surface area contributed by atoms with Crippen LogP contribution in [0.1, 0.15) is 62.4 Å². The van der Waals surface area contributed by atoms with E-state index in [-0.39, 0.29) is 11.9 Å². The number of amides is 1. The molecule has 2 heterocycles. The third kappa shape index (κ3) is 3.35. The number of carbonyl (C=O) groups excluding carboxylic acids is 1. The number of aryl methyl sites for hydroxylation is 2. The highest BCUT2D eigenvalue weighted by molar-refractivity contribution is 7.99. The average molecular weight is 414 g/mol. The summed E-state index contributed by atoms with van der Waals surface area (Å²) < 4.78 is 1.78. The molecule has 1 amide bonds. The van der Waals surface area contributed by atoms with Crippen LogP contribution in [0.25, 0.3) is 5.78 Å². The molecule has 0 aromatic carbocycles. The van der Waals surface area contributed by atoms with Gasteiger partial charge in [-0.1, -0.05) is 11.8 Å². The molecular formula is C22H31N5OS. The molecule has 1 N–H and O–H groups in total. The molecule has 4 saturated carbocycles. The fourth-order valence-electron chi connectivity index (χ4n) is 6.57. The van der Waals surface area contributed by atoms with Crippen molar-refractivity contribution in [3.05, 3.63) is 17.0 Å². The maximum atomic E-state index is 12.7. The minimum Gasteiger partial charge on any atom is -0.352 e. The summed E-state index contributed by atoms with van der Waals surface area (Å²) in [5.74, 6) is 3.76. The van der Waals surface area contributed by atoms with Gasteiger partial charge in [-0.25, -0.2) is 9.50 Å². The lowest BCUT2D eigenvalue weighted by atomic mass is 9.48. The Balaban J connectivity index is 1.23. The number of hydrogen-bond acceptors (Lipinski definition) is 5. The molecule has 4 aliphatic rings. The maximum absolute atomic E-state index is 12.7. The highest BCUT2D eigenvalue weighted by Gasteiger charge is 2.53. The van der Waals surface area contributed by atoms with E-state index in [1.54, 1.807) is 4.52 Å². The smallest absolute Gasteiger partial charge is 0.253 e. The second kappa shape index (κ2) is 6.96. The molecule has 7 heteroatoms. The van der Waals surface area contributed by atoms with Crippen LogP contribution in [0.5, 0.6) is 0 Å². The van der Waals surface area contributed by atoms with Crippen LogP contribution in [0.4, 0.5) is 0 Å². The lowest BCUT2D eigenvalue weighted by molar-refractivity contribution is -0.123. The molecule has 1 atom stereocenters. The van der Waals surface area contributed by atoms with Gasteiger partial charge in [-0.3, -0.25) is 4.79 Å². The maximum Gasteiger partial charge on any atom is 0.253 e. The van der Waals surface area contributed by atoms with Crippen LogP contribution in [-0.4, -0.2) is 37.3 Å². The van der Waals surface area contributed by atoms with Gasteiger partial charge in [0, 0.05) is 17.4 Å². The zero-order chi connectivity index (χ0) is 20.3. The lowest BCUT2D eigenvalue weighted by Gasteiger charge is -2.59. The summed E-state index contributed by atoms with van der Waals surface area (Å²) in [6.07, 6.45) is 8.23. The zero-order valence-electron chi connectivity index (χ0n) is 17.9.